The van der Waals surface area contributed by atoms with Crippen molar-refractivity contribution in [3.63, 3.8) is 0 Å². The van der Waals surface area contributed by atoms with E-state index in [2.05, 4.69) is 5.32 Å². The lowest BCUT2D eigenvalue weighted by atomic mass is 9.87. The molecule has 0 aromatic heterocycles. The molecule has 2 amide bonds. The summed E-state index contributed by atoms with van der Waals surface area (Å²) >= 11 is 0. The van der Waals surface area contributed by atoms with Gasteiger partial charge in [0.25, 0.3) is 0 Å². The number of carbonyl (C=O) groups is 3. The van der Waals surface area contributed by atoms with Crippen LogP contribution in [-0.4, -0.2) is 48.4 Å². The lowest BCUT2D eigenvalue weighted by Gasteiger charge is -2.28. The lowest BCUT2D eigenvalue weighted by molar-refractivity contribution is -0.142. The van der Waals surface area contributed by atoms with Crippen LogP contribution in [0.1, 0.15) is 33.1 Å². The molecule has 0 aromatic carbocycles. The van der Waals surface area contributed by atoms with Crippen LogP contribution in [0.3, 0.4) is 0 Å². The Morgan fingerprint density at radius 3 is 2.74 bits per heavy atom. The number of nitrogens with zero attached hydrogens (tertiary/aromatic N) is 1. The number of cyclic esters (lactones) is 1. The van der Waals surface area contributed by atoms with Gasteiger partial charge in [-0.1, -0.05) is 13.8 Å². The molecule has 0 radical (unpaired) electrons. The van der Waals surface area contributed by atoms with Crippen LogP contribution in [0.2, 0.25) is 0 Å². The third kappa shape index (κ3) is 3.05. The second-order valence-electron chi connectivity index (χ2n) is 5.87. The molecule has 1 N–H and O–H groups in total. The van der Waals surface area contributed by atoms with E-state index >= 15 is 0 Å². The summed E-state index contributed by atoms with van der Waals surface area (Å²) in [7, 11) is 0. The van der Waals surface area contributed by atoms with Crippen LogP contribution in [0.15, 0.2) is 0 Å². The Labute approximate surface area is 112 Å². The summed E-state index contributed by atoms with van der Waals surface area (Å²) in [6.07, 6.45) is 2.32. The van der Waals surface area contributed by atoms with Crippen LogP contribution in [0.4, 0.5) is 0 Å². The highest BCUT2D eigenvalue weighted by molar-refractivity contribution is 5.89. The molecule has 0 saturated carbocycles. The lowest BCUT2D eigenvalue weighted by Crippen LogP contribution is -2.50. The Bertz CT molecular complexity index is 405. The van der Waals surface area contributed by atoms with Gasteiger partial charge in [0.05, 0.1) is 13.2 Å². The highest BCUT2D eigenvalue weighted by Gasteiger charge is 2.44. The third-order valence-corrected chi connectivity index (χ3v) is 3.66. The number of ether oxygens (including phenoxy) is 1. The number of hydrogen-bond acceptors (Lipinski definition) is 4. The van der Waals surface area contributed by atoms with Gasteiger partial charge in [-0.05, 0) is 12.8 Å². The summed E-state index contributed by atoms with van der Waals surface area (Å²) in [4.78, 5) is 36.7. The third-order valence-electron chi connectivity index (χ3n) is 3.66. The minimum absolute atomic E-state index is 0.00894. The smallest absolute Gasteiger partial charge is 0.329 e. The van der Waals surface area contributed by atoms with Crippen molar-refractivity contribution < 1.29 is 19.1 Å². The maximum absolute atomic E-state index is 11.9. The summed E-state index contributed by atoms with van der Waals surface area (Å²) < 4.78 is 4.96. The second-order valence-corrected chi connectivity index (χ2v) is 5.87. The van der Waals surface area contributed by atoms with Crippen LogP contribution in [0.5, 0.6) is 0 Å². The quantitative estimate of drug-likeness (QED) is 0.735. The number of likely N-dealkylation sites (tertiary alicyclic amines) is 1. The van der Waals surface area contributed by atoms with Crippen molar-refractivity contribution in [2.45, 2.75) is 39.2 Å². The molecule has 0 bridgehead atoms. The van der Waals surface area contributed by atoms with Crippen molar-refractivity contribution in [2.24, 2.45) is 5.41 Å². The number of carbonyl (C=O) groups excluding carboxylic acids is 3. The Hall–Kier alpha value is -1.59. The van der Waals surface area contributed by atoms with E-state index in [9.17, 15) is 14.4 Å². The monoisotopic (exact) mass is 268 g/mol. The second kappa shape index (κ2) is 5.19. The molecule has 2 saturated heterocycles. The van der Waals surface area contributed by atoms with Crippen molar-refractivity contribution in [2.75, 3.05) is 19.7 Å². The summed E-state index contributed by atoms with van der Waals surface area (Å²) in [5.41, 5.74) is -0.404. The zero-order valence-electron chi connectivity index (χ0n) is 11.4. The fourth-order valence-electron chi connectivity index (χ4n) is 2.41. The van der Waals surface area contributed by atoms with Crippen LogP contribution >= 0.6 is 0 Å². The van der Waals surface area contributed by atoms with Gasteiger partial charge in [0.2, 0.25) is 11.8 Å². The van der Waals surface area contributed by atoms with Gasteiger partial charge in [-0.25, -0.2) is 4.79 Å². The highest BCUT2D eigenvalue weighted by atomic mass is 16.5. The standard InChI is InChI=1S/C13H20N2O4/c1-13(2)8-19-12(18)11(13)14-9(16)7-15-6-4-3-5-10(15)17/h11H,3-8H2,1-2H3,(H,14,16)/t11-/m0/s1. The van der Waals surface area contributed by atoms with Gasteiger partial charge in [0.1, 0.15) is 6.04 Å². The molecule has 2 rings (SSSR count). The average molecular weight is 268 g/mol. The summed E-state index contributed by atoms with van der Waals surface area (Å²) in [6, 6.07) is -0.625. The van der Waals surface area contributed by atoms with Gasteiger partial charge in [0.15, 0.2) is 0 Å². The Morgan fingerprint density at radius 1 is 1.42 bits per heavy atom. The van der Waals surface area contributed by atoms with Crippen molar-refractivity contribution in [3.05, 3.63) is 0 Å². The van der Waals surface area contributed by atoms with Gasteiger partial charge in [-0.15, -0.1) is 0 Å². The first-order chi connectivity index (χ1) is 8.90. The fraction of sp³-hybridized carbons (Fsp3) is 0.769. The zero-order valence-corrected chi connectivity index (χ0v) is 11.4. The van der Waals surface area contributed by atoms with Crippen molar-refractivity contribution in [1.29, 1.82) is 0 Å². The average Bonchev–Trinajstić information content (AvgIpc) is 2.59. The van der Waals surface area contributed by atoms with Gasteiger partial charge >= 0.3 is 5.97 Å². The molecular formula is C13H20N2O4. The topological polar surface area (TPSA) is 75.7 Å². The SMILES string of the molecule is CC1(C)COC(=O)[C@@H]1NC(=O)CN1CCCCC1=O. The molecule has 19 heavy (non-hydrogen) atoms. The molecule has 1 atom stereocenters. The van der Waals surface area contributed by atoms with E-state index in [-0.39, 0.29) is 18.4 Å². The molecule has 6 heteroatoms. The summed E-state index contributed by atoms with van der Waals surface area (Å²) in [5, 5.41) is 2.68. The maximum Gasteiger partial charge on any atom is 0.329 e. The molecular weight excluding hydrogens is 248 g/mol. The first kappa shape index (κ1) is 13.8. The number of esters is 1. The minimum atomic E-state index is -0.625. The first-order valence-corrected chi connectivity index (χ1v) is 6.64. The van der Waals surface area contributed by atoms with Crippen molar-refractivity contribution in [3.8, 4) is 0 Å². The van der Waals surface area contributed by atoms with Crippen molar-refractivity contribution >= 4 is 17.8 Å². The Balaban J connectivity index is 1.90. The van der Waals surface area contributed by atoms with E-state index in [1.54, 1.807) is 4.90 Å². The van der Waals surface area contributed by atoms with Crippen LogP contribution < -0.4 is 5.32 Å². The van der Waals surface area contributed by atoms with E-state index in [0.29, 0.717) is 19.6 Å². The molecule has 2 aliphatic heterocycles. The molecule has 106 valence electrons. The molecule has 0 aliphatic carbocycles. The largest absolute Gasteiger partial charge is 0.463 e. The van der Waals surface area contributed by atoms with E-state index in [4.69, 9.17) is 4.74 Å². The number of amides is 2. The normalized spacial score (nSPS) is 26.2. The summed E-state index contributed by atoms with van der Waals surface area (Å²) in [6.45, 7) is 4.69. The molecule has 2 fully saturated rings. The van der Waals surface area contributed by atoms with Crippen LogP contribution in [0, 0.1) is 5.41 Å². The van der Waals surface area contributed by atoms with E-state index in [1.807, 2.05) is 13.8 Å². The number of piperidine rings is 1. The Kier molecular flexibility index (Phi) is 3.78. The van der Waals surface area contributed by atoms with E-state index in [0.717, 1.165) is 12.8 Å². The first-order valence-electron chi connectivity index (χ1n) is 6.64. The highest BCUT2D eigenvalue weighted by Crippen LogP contribution is 2.28. The molecule has 6 nitrogen and oxygen atoms in total. The molecule has 0 spiro atoms. The predicted molar refractivity (Wildman–Crippen MR) is 67.1 cm³/mol. The van der Waals surface area contributed by atoms with Gasteiger partial charge in [-0.3, -0.25) is 9.59 Å². The molecule has 0 aromatic rings. The van der Waals surface area contributed by atoms with Crippen LogP contribution in [-0.2, 0) is 19.1 Å². The van der Waals surface area contributed by atoms with Gasteiger partial charge in [0, 0.05) is 18.4 Å². The molecule has 0 unspecified atom stereocenters. The number of hydrogen-bond donors (Lipinski definition) is 1. The zero-order chi connectivity index (χ0) is 14.0. The summed E-state index contributed by atoms with van der Waals surface area (Å²) in [5.74, 6) is -0.690. The number of nitrogens with one attached hydrogen (secondary N) is 1. The minimum Gasteiger partial charge on any atom is -0.463 e. The van der Waals surface area contributed by atoms with Crippen molar-refractivity contribution in [1.82, 2.24) is 10.2 Å². The van der Waals surface area contributed by atoms with Gasteiger partial charge in [-0.2, -0.15) is 0 Å². The maximum atomic E-state index is 11.9. The fourth-order valence-corrected chi connectivity index (χ4v) is 2.41. The van der Waals surface area contributed by atoms with Gasteiger partial charge < -0.3 is 15.0 Å². The van der Waals surface area contributed by atoms with Crippen LogP contribution in [0.25, 0.3) is 0 Å². The molecule has 2 heterocycles. The Morgan fingerprint density at radius 2 is 2.16 bits per heavy atom. The van der Waals surface area contributed by atoms with E-state index in [1.165, 1.54) is 0 Å². The predicted octanol–water partition coefficient (Wildman–Crippen LogP) is 0.0667. The molecule has 2 aliphatic rings. The number of rotatable bonds is 3. The van der Waals surface area contributed by atoms with E-state index < -0.39 is 17.4 Å².